The zero-order valence-corrected chi connectivity index (χ0v) is 12.3. The molecule has 9 nitrogen and oxygen atoms in total. The van der Waals surface area contributed by atoms with Crippen molar-refractivity contribution in [3.63, 3.8) is 0 Å². The van der Waals surface area contributed by atoms with Crippen molar-refractivity contribution in [1.82, 2.24) is 9.38 Å². The number of ether oxygens (including phenoxy) is 1. The molecule has 1 aliphatic rings. The maximum atomic E-state index is 12.3. The first-order valence-corrected chi connectivity index (χ1v) is 7.20. The number of nitrogens with one attached hydrogen (secondary N) is 1. The number of nitrogens with zero attached hydrogens (tertiary/aromatic N) is 3. The summed E-state index contributed by atoms with van der Waals surface area (Å²) >= 11 is 0. The third-order valence-electron chi connectivity index (χ3n) is 3.90. The molecule has 0 radical (unpaired) electrons. The van der Waals surface area contributed by atoms with Crippen molar-refractivity contribution in [3.05, 3.63) is 44.9 Å². The number of pyridine rings is 1. The molecule has 2 N–H and O–H groups in total. The lowest BCUT2D eigenvalue weighted by Crippen LogP contribution is -2.42. The highest BCUT2D eigenvalue weighted by Gasteiger charge is 2.31. The highest BCUT2D eigenvalue weighted by Crippen LogP contribution is 2.23. The summed E-state index contributed by atoms with van der Waals surface area (Å²) in [5.74, 6) is -0.133. The van der Waals surface area contributed by atoms with Gasteiger partial charge < -0.3 is 15.2 Å². The van der Waals surface area contributed by atoms with Gasteiger partial charge >= 0.3 is 11.2 Å². The van der Waals surface area contributed by atoms with E-state index in [1.165, 1.54) is 6.20 Å². The Morgan fingerprint density at radius 3 is 2.87 bits per heavy atom. The van der Waals surface area contributed by atoms with Gasteiger partial charge in [0, 0.05) is 38.8 Å². The zero-order chi connectivity index (χ0) is 16.4. The third-order valence-corrected chi connectivity index (χ3v) is 3.90. The molecule has 3 heterocycles. The van der Waals surface area contributed by atoms with Gasteiger partial charge in [0.1, 0.15) is 5.65 Å². The van der Waals surface area contributed by atoms with E-state index in [0.29, 0.717) is 31.7 Å². The van der Waals surface area contributed by atoms with Gasteiger partial charge in [-0.3, -0.25) is 19.3 Å². The van der Waals surface area contributed by atoms with E-state index in [1.54, 1.807) is 18.2 Å². The maximum absolute atomic E-state index is 12.3. The lowest BCUT2D eigenvalue weighted by molar-refractivity contribution is -0.385. The largest absolute Gasteiger partial charge is 0.388 e. The number of fused-ring (bicyclic) bond motifs is 1. The monoisotopic (exact) mass is 320 g/mol. The van der Waals surface area contributed by atoms with Gasteiger partial charge in [0.15, 0.2) is 0 Å². The van der Waals surface area contributed by atoms with Crippen LogP contribution in [0.4, 0.5) is 11.5 Å². The Morgan fingerprint density at radius 1 is 1.43 bits per heavy atom. The lowest BCUT2D eigenvalue weighted by atomic mass is 9.94. The van der Waals surface area contributed by atoms with Gasteiger partial charge in [0.05, 0.1) is 10.5 Å². The van der Waals surface area contributed by atoms with Crippen molar-refractivity contribution in [2.45, 2.75) is 18.4 Å². The summed E-state index contributed by atoms with van der Waals surface area (Å²) in [6.07, 6.45) is 2.26. The molecule has 0 aliphatic carbocycles. The summed E-state index contributed by atoms with van der Waals surface area (Å²) in [6, 6.07) is 4.86. The van der Waals surface area contributed by atoms with Gasteiger partial charge in [-0.2, -0.15) is 0 Å². The number of rotatable bonds is 4. The van der Waals surface area contributed by atoms with Crippen LogP contribution in [-0.2, 0) is 4.74 Å². The van der Waals surface area contributed by atoms with E-state index in [0.717, 1.165) is 4.40 Å². The van der Waals surface area contributed by atoms with Crippen molar-refractivity contribution in [2.24, 2.45) is 0 Å². The van der Waals surface area contributed by atoms with E-state index >= 15 is 0 Å². The molecule has 9 heteroatoms. The smallest absolute Gasteiger partial charge is 0.376 e. The minimum atomic E-state index is -1.03. The second kappa shape index (κ2) is 5.94. The van der Waals surface area contributed by atoms with Crippen molar-refractivity contribution >= 4 is 17.2 Å². The molecule has 3 rings (SSSR count). The SMILES string of the molecule is O=c1c([N+](=O)[O-])c(NCC2(O)CCOCC2)nc2ccccn12. The minimum Gasteiger partial charge on any atom is -0.388 e. The molecule has 2 aromatic heterocycles. The highest BCUT2D eigenvalue weighted by atomic mass is 16.6. The molecule has 0 unspecified atom stereocenters. The number of aromatic nitrogens is 2. The number of hydrogen-bond acceptors (Lipinski definition) is 7. The maximum Gasteiger partial charge on any atom is 0.376 e. The standard InChI is InChI=1S/C14H16N4O5/c19-13-11(18(21)22)12(16-10-3-1-2-6-17(10)13)15-9-14(20)4-7-23-8-5-14/h1-3,6,15,20H,4-5,7-9H2. The van der Waals surface area contributed by atoms with Gasteiger partial charge in [-0.05, 0) is 12.1 Å². The average Bonchev–Trinajstić information content (AvgIpc) is 2.53. The van der Waals surface area contributed by atoms with Gasteiger partial charge in [-0.1, -0.05) is 6.07 Å². The summed E-state index contributed by atoms with van der Waals surface area (Å²) < 4.78 is 6.31. The van der Waals surface area contributed by atoms with E-state index in [4.69, 9.17) is 4.74 Å². The molecule has 0 spiro atoms. The molecular formula is C14H16N4O5. The highest BCUT2D eigenvalue weighted by molar-refractivity contribution is 5.59. The van der Waals surface area contributed by atoms with Crippen molar-refractivity contribution < 1.29 is 14.8 Å². The first-order chi connectivity index (χ1) is 11.0. The predicted molar refractivity (Wildman–Crippen MR) is 81.6 cm³/mol. The van der Waals surface area contributed by atoms with Crippen LogP contribution >= 0.6 is 0 Å². The molecule has 0 aromatic carbocycles. The molecule has 0 saturated carbocycles. The molecule has 1 saturated heterocycles. The summed E-state index contributed by atoms with van der Waals surface area (Å²) in [7, 11) is 0. The van der Waals surface area contributed by atoms with E-state index < -0.39 is 21.8 Å². The quantitative estimate of drug-likeness (QED) is 0.624. The Morgan fingerprint density at radius 2 is 2.17 bits per heavy atom. The molecule has 0 atom stereocenters. The van der Waals surface area contributed by atoms with Crippen LogP contribution in [0.2, 0.25) is 0 Å². The average molecular weight is 320 g/mol. The van der Waals surface area contributed by atoms with Crippen LogP contribution in [0.1, 0.15) is 12.8 Å². The fourth-order valence-electron chi connectivity index (χ4n) is 2.54. The van der Waals surface area contributed by atoms with E-state index in [1.807, 2.05) is 0 Å². The summed E-state index contributed by atoms with van der Waals surface area (Å²) in [5.41, 5.74) is -2.13. The van der Waals surface area contributed by atoms with Crippen LogP contribution in [0, 0.1) is 10.1 Å². The Labute approximate surface area is 130 Å². The number of aliphatic hydroxyl groups is 1. The van der Waals surface area contributed by atoms with Gasteiger partial charge in [-0.15, -0.1) is 0 Å². The van der Waals surface area contributed by atoms with Crippen LogP contribution in [-0.4, -0.2) is 44.8 Å². The molecule has 2 aromatic rings. The first kappa shape index (κ1) is 15.4. The number of anilines is 1. The molecule has 122 valence electrons. The number of nitro groups is 1. The van der Waals surface area contributed by atoms with E-state index in [-0.39, 0.29) is 12.4 Å². The van der Waals surface area contributed by atoms with Crippen LogP contribution in [0.15, 0.2) is 29.2 Å². The summed E-state index contributed by atoms with van der Waals surface area (Å²) in [6.45, 7) is 0.912. The fraction of sp³-hybridized carbons (Fsp3) is 0.429. The van der Waals surface area contributed by atoms with E-state index in [9.17, 15) is 20.0 Å². The molecular weight excluding hydrogens is 304 g/mol. The van der Waals surface area contributed by atoms with Crippen molar-refractivity contribution in [1.29, 1.82) is 0 Å². The Balaban J connectivity index is 1.97. The predicted octanol–water partition coefficient (Wildman–Crippen LogP) is 0.556. The molecule has 0 amide bonds. The Hall–Kier alpha value is -2.52. The molecule has 1 fully saturated rings. The summed E-state index contributed by atoms with van der Waals surface area (Å²) in [4.78, 5) is 26.9. The van der Waals surface area contributed by atoms with Gasteiger partial charge in [-0.25, -0.2) is 4.98 Å². The first-order valence-electron chi connectivity index (χ1n) is 7.20. The number of hydrogen-bond donors (Lipinski definition) is 2. The Bertz CT molecular complexity index is 797. The van der Waals surface area contributed by atoms with Crippen LogP contribution in [0.25, 0.3) is 5.65 Å². The fourth-order valence-corrected chi connectivity index (χ4v) is 2.54. The third kappa shape index (κ3) is 3.01. The van der Waals surface area contributed by atoms with Crippen LogP contribution < -0.4 is 10.9 Å². The van der Waals surface area contributed by atoms with Crippen LogP contribution in [0.5, 0.6) is 0 Å². The lowest BCUT2D eigenvalue weighted by Gasteiger charge is -2.32. The Kier molecular flexibility index (Phi) is 3.97. The summed E-state index contributed by atoms with van der Waals surface area (Å²) in [5, 5.41) is 24.4. The normalized spacial score (nSPS) is 17.1. The zero-order valence-electron chi connectivity index (χ0n) is 12.3. The molecule has 23 heavy (non-hydrogen) atoms. The van der Waals surface area contributed by atoms with Crippen LogP contribution in [0.3, 0.4) is 0 Å². The van der Waals surface area contributed by atoms with Crippen molar-refractivity contribution in [3.8, 4) is 0 Å². The molecule has 1 aliphatic heterocycles. The van der Waals surface area contributed by atoms with Gasteiger partial charge in [0.25, 0.3) is 0 Å². The van der Waals surface area contributed by atoms with Crippen molar-refractivity contribution in [2.75, 3.05) is 25.1 Å². The second-order valence-electron chi connectivity index (χ2n) is 5.49. The van der Waals surface area contributed by atoms with E-state index in [2.05, 4.69) is 10.3 Å². The van der Waals surface area contributed by atoms with Gasteiger partial charge in [0.2, 0.25) is 5.82 Å². The molecule has 0 bridgehead atoms. The second-order valence-corrected chi connectivity index (χ2v) is 5.49. The topological polar surface area (TPSA) is 119 Å². The minimum absolute atomic E-state index is 0.0621.